The minimum Gasteiger partial charge on any atom is -0.497 e. The molecule has 0 bridgehead atoms. The van der Waals surface area contributed by atoms with E-state index in [9.17, 15) is 9.59 Å². The van der Waals surface area contributed by atoms with Gasteiger partial charge in [0.2, 0.25) is 11.8 Å². The Morgan fingerprint density at radius 3 is 2.56 bits per heavy atom. The lowest BCUT2D eigenvalue weighted by Crippen LogP contribution is -2.45. The Morgan fingerprint density at radius 1 is 1.20 bits per heavy atom. The zero-order chi connectivity index (χ0) is 18.1. The number of nitrogens with one attached hydrogen (secondary N) is 1. The summed E-state index contributed by atoms with van der Waals surface area (Å²) in [4.78, 5) is 26.0. The third-order valence-corrected chi connectivity index (χ3v) is 4.85. The van der Waals surface area contributed by atoms with Gasteiger partial charge in [-0.25, -0.2) is 0 Å². The van der Waals surface area contributed by atoms with E-state index in [4.69, 9.17) is 4.74 Å². The number of amides is 2. The Balaban J connectivity index is 1.81. The van der Waals surface area contributed by atoms with Gasteiger partial charge in [0, 0.05) is 19.5 Å². The van der Waals surface area contributed by atoms with Crippen LogP contribution < -0.4 is 10.1 Å². The van der Waals surface area contributed by atoms with Crippen LogP contribution in [0.15, 0.2) is 24.3 Å². The number of carbonyl (C=O) groups excluding carboxylic acids is 2. The van der Waals surface area contributed by atoms with E-state index in [0.717, 1.165) is 43.4 Å². The average molecular weight is 346 g/mol. The van der Waals surface area contributed by atoms with Gasteiger partial charge in [-0.15, -0.1) is 0 Å². The first-order valence-electron chi connectivity index (χ1n) is 9.27. The molecule has 0 unspecified atom stereocenters. The number of methoxy groups -OCH3 is 1. The Hall–Kier alpha value is -2.04. The maximum absolute atomic E-state index is 12.3. The number of carbonyl (C=O) groups is 2. The number of ether oxygens (including phenoxy) is 1. The van der Waals surface area contributed by atoms with Gasteiger partial charge in [0.1, 0.15) is 5.75 Å². The van der Waals surface area contributed by atoms with Gasteiger partial charge in [0.05, 0.1) is 13.7 Å². The summed E-state index contributed by atoms with van der Waals surface area (Å²) in [7, 11) is 1.64. The third-order valence-electron chi connectivity index (χ3n) is 4.85. The fourth-order valence-corrected chi connectivity index (χ4v) is 3.45. The molecular weight excluding hydrogens is 316 g/mol. The molecule has 0 saturated heterocycles. The number of nitrogens with zero attached hydrogens (tertiary/aromatic N) is 1. The minimum atomic E-state index is -0.0812. The van der Waals surface area contributed by atoms with Crippen LogP contribution in [0.25, 0.3) is 0 Å². The fourth-order valence-electron chi connectivity index (χ4n) is 3.45. The third kappa shape index (κ3) is 6.40. The molecule has 138 valence electrons. The largest absolute Gasteiger partial charge is 0.497 e. The summed E-state index contributed by atoms with van der Waals surface area (Å²) < 4.78 is 5.21. The van der Waals surface area contributed by atoms with Crippen molar-refractivity contribution in [1.29, 1.82) is 0 Å². The molecule has 0 radical (unpaired) electrons. The topological polar surface area (TPSA) is 58.6 Å². The van der Waals surface area contributed by atoms with E-state index in [-0.39, 0.29) is 24.4 Å². The minimum absolute atomic E-state index is 0.00477. The summed E-state index contributed by atoms with van der Waals surface area (Å²) in [5.74, 6) is 0.733. The van der Waals surface area contributed by atoms with Crippen LogP contribution in [-0.2, 0) is 16.0 Å². The van der Waals surface area contributed by atoms with Crippen molar-refractivity contribution in [1.82, 2.24) is 10.2 Å². The molecule has 1 aliphatic rings. The quantitative estimate of drug-likeness (QED) is 0.772. The van der Waals surface area contributed by atoms with E-state index in [1.54, 1.807) is 18.9 Å². The van der Waals surface area contributed by atoms with Crippen LogP contribution in [0.2, 0.25) is 0 Å². The van der Waals surface area contributed by atoms with E-state index >= 15 is 0 Å². The highest BCUT2D eigenvalue weighted by molar-refractivity contribution is 5.84. The molecule has 25 heavy (non-hydrogen) atoms. The summed E-state index contributed by atoms with van der Waals surface area (Å²) in [6.45, 7) is 2.29. The number of hydrogen-bond donors (Lipinski definition) is 1. The Labute approximate surface area is 150 Å². The monoisotopic (exact) mass is 346 g/mol. The molecule has 0 atom stereocenters. The lowest BCUT2D eigenvalue weighted by atomic mass is 10.1. The van der Waals surface area contributed by atoms with Gasteiger partial charge in [-0.3, -0.25) is 9.59 Å². The second kappa shape index (κ2) is 10.1. The predicted molar refractivity (Wildman–Crippen MR) is 98.6 cm³/mol. The molecule has 1 fully saturated rings. The zero-order valence-electron chi connectivity index (χ0n) is 15.4. The predicted octanol–water partition coefficient (Wildman–Crippen LogP) is 2.93. The smallest absolute Gasteiger partial charge is 0.239 e. The lowest BCUT2D eigenvalue weighted by molar-refractivity contribution is -0.136. The second-order valence-corrected chi connectivity index (χ2v) is 6.74. The van der Waals surface area contributed by atoms with Gasteiger partial charge >= 0.3 is 0 Å². The fraction of sp³-hybridized carbons (Fsp3) is 0.600. The van der Waals surface area contributed by atoms with Crippen LogP contribution in [0.3, 0.4) is 0 Å². The van der Waals surface area contributed by atoms with Gasteiger partial charge < -0.3 is 15.0 Å². The first-order chi connectivity index (χ1) is 12.1. The van der Waals surface area contributed by atoms with E-state index in [0.29, 0.717) is 6.54 Å². The average Bonchev–Trinajstić information content (AvgIpc) is 2.89. The van der Waals surface area contributed by atoms with Crippen LogP contribution in [-0.4, -0.2) is 43.0 Å². The van der Waals surface area contributed by atoms with Gasteiger partial charge in [-0.1, -0.05) is 37.8 Å². The van der Waals surface area contributed by atoms with E-state index in [2.05, 4.69) is 5.32 Å². The normalized spacial score (nSPS) is 15.3. The van der Waals surface area contributed by atoms with Crippen LogP contribution in [0.4, 0.5) is 0 Å². The Bertz CT molecular complexity index is 566. The molecule has 1 aliphatic carbocycles. The van der Waals surface area contributed by atoms with Crippen molar-refractivity contribution in [3.8, 4) is 5.75 Å². The molecule has 0 aromatic heterocycles. The standard InChI is InChI=1S/C20H30N2O3/c1-16(23)22(18-9-5-3-4-6-10-18)15-20(24)21-13-12-17-8-7-11-19(14-17)25-2/h7-8,11,14,18H,3-6,9-10,12-13,15H2,1-2H3,(H,21,24). The summed E-state index contributed by atoms with van der Waals surface area (Å²) in [5, 5.41) is 2.94. The molecule has 1 aromatic rings. The summed E-state index contributed by atoms with van der Waals surface area (Å²) in [6, 6.07) is 8.05. The summed E-state index contributed by atoms with van der Waals surface area (Å²) >= 11 is 0. The number of benzene rings is 1. The SMILES string of the molecule is COc1cccc(CCNC(=O)CN(C(C)=O)C2CCCCCC2)c1. The van der Waals surface area contributed by atoms with E-state index in [1.165, 1.54) is 12.8 Å². The van der Waals surface area contributed by atoms with Gasteiger partial charge in [0.25, 0.3) is 0 Å². The van der Waals surface area contributed by atoms with Crippen LogP contribution >= 0.6 is 0 Å². The van der Waals surface area contributed by atoms with Crippen molar-refractivity contribution in [3.63, 3.8) is 0 Å². The van der Waals surface area contributed by atoms with Crippen molar-refractivity contribution < 1.29 is 14.3 Å². The molecule has 1 aromatic carbocycles. The Kier molecular flexibility index (Phi) is 7.76. The van der Waals surface area contributed by atoms with Crippen molar-refractivity contribution >= 4 is 11.8 Å². The molecule has 2 rings (SSSR count). The highest BCUT2D eigenvalue weighted by Crippen LogP contribution is 2.22. The molecular formula is C20H30N2O3. The molecule has 5 heteroatoms. The number of hydrogen-bond acceptors (Lipinski definition) is 3. The molecule has 1 saturated carbocycles. The highest BCUT2D eigenvalue weighted by Gasteiger charge is 2.24. The maximum Gasteiger partial charge on any atom is 0.239 e. The molecule has 5 nitrogen and oxygen atoms in total. The molecule has 0 heterocycles. The van der Waals surface area contributed by atoms with Crippen LogP contribution in [0, 0.1) is 0 Å². The van der Waals surface area contributed by atoms with Crippen LogP contribution in [0.5, 0.6) is 5.75 Å². The zero-order valence-corrected chi connectivity index (χ0v) is 15.4. The molecule has 0 spiro atoms. The van der Waals surface area contributed by atoms with Gasteiger partial charge in [-0.2, -0.15) is 0 Å². The summed E-state index contributed by atoms with van der Waals surface area (Å²) in [6.07, 6.45) is 7.52. The molecule has 0 aliphatic heterocycles. The first kappa shape index (κ1) is 19.3. The molecule has 1 N–H and O–H groups in total. The van der Waals surface area contributed by atoms with Crippen molar-refractivity contribution in [2.45, 2.75) is 57.9 Å². The summed E-state index contributed by atoms with van der Waals surface area (Å²) in [5.41, 5.74) is 1.12. The van der Waals surface area contributed by atoms with E-state index < -0.39 is 0 Å². The highest BCUT2D eigenvalue weighted by atomic mass is 16.5. The van der Waals surface area contributed by atoms with Gasteiger partial charge in [-0.05, 0) is 37.0 Å². The second-order valence-electron chi connectivity index (χ2n) is 6.74. The van der Waals surface area contributed by atoms with Crippen LogP contribution in [0.1, 0.15) is 51.0 Å². The number of rotatable bonds is 7. The van der Waals surface area contributed by atoms with Crippen molar-refractivity contribution in [2.75, 3.05) is 20.2 Å². The van der Waals surface area contributed by atoms with Crippen molar-refractivity contribution in [3.05, 3.63) is 29.8 Å². The molecule has 2 amide bonds. The van der Waals surface area contributed by atoms with Crippen molar-refractivity contribution in [2.24, 2.45) is 0 Å². The maximum atomic E-state index is 12.3. The lowest BCUT2D eigenvalue weighted by Gasteiger charge is -2.29. The van der Waals surface area contributed by atoms with E-state index in [1.807, 2.05) is 24.3 Å². The Morgan fingerprint density at radius 2 is 1.92 bits per heavy atom. The van der Waals surface area contributed by atoms with Gasteiger partial charge in [0.15, 0.2) is 0 Å². The first-order valence-corrected chi connectivity index (χ1v) is 9.27.